The van der Waals surface area contributed by atoms with Crippen molar-refractivity contribution in [3.05, 3.63) is 0 Å². The zero-order valence-corrected chi connectivity index (χ0v) is 11.3. The molecule has 3 atom stereocenters. The van der Waals surface area contributed by atoms with Crippen molar-refractivity contribution in [2.24, 2.45) is 11.8 Å². The average molecular weight is 236 g/mol. The molecule has 0 aromatic heterocycles. The molecule has 0 amide bonds. The van der Waals surface area contributed by atoms with E-state index in [0.29, 0.717) is 0 Å². The molecule has 3 fully saturated rings. The van der Waals surface area contributed by atoms with Crippen molar-refractivity contribution in [3.8, 4) is 0 Å². The van der Waals surface area contributed by atoms with Crippen molar-refractivity contribution in [1.29, 1.82) is 0 Å². The maximum absolute atomic E-state index is 3.81. The summed E-state index contributed by atoms with van der Waals surface area (Å²) in [4.78, 5) is 2.77. The van der Waals surface area contributed by atoms with Gasteiger partial charge in [0.25, 0.3) is 0 Å². The number of nitrogens with one attached hydrogen (secondary N) is 1. The van der Waals surface area contributed by atoms with Gasteiger partial charge in [0, 0.05) is 18.6 Å². The molecule has 0 radical (unpaired) electrons. The average Bonchev–Trinajstić information content (AvgIpc) is 3.04. The van der Waals surface area contributed by atoms with Gasteiger partial charge in [-0.1, -0.05) is 26.2 Å². The van der Waals surface area contributed by atoms with Crippen LogP contribution in [0.3, 0.4) is 0 Å². The Hall–Kier alpha value is -0.0800. The smallest absolute Gasteiger partial charge is 0.0226 e. The Balaban J connectivity index is 1.57. The molecule has 0 aromatic rings. The van der Waals surface area contributed by atoms with Crippen LogP contribution in [0.25, 0.3) is 0 Å². The van der Waals surface area contributed by atoms with Gasteiger partial charge in [0.05, 0.1) is 0 Å². The van der Waals surface area contributed by atoms with Crippen LogP contribution in [-0.2, 0) is 0 Å². The summed E-state index contributed by atoms with van der Waals surface area (Å²) in [5.41, 5.74) is 0. The molecule has 17 heavy (non-hydrogen) atoms. The quantitative estimate of drug-likeness (QED) is 0.807. The zero-order chi connectivity index (χ0) is 11.7. The highest BCUT2D eigenvalue weighted by molar-refractivity contribution is 4.96. The van der Waals surface area contributed by atoms with Crippen LogP contribution in [0.15, 0.2) is 0 Å². The Kier molecular flexibility index (Phi) is 3.72. The predicted octanol–water partition coefficient (Wildman–Crippen LogP) is 2.64. The molecule has 1 N–H and O–H groups in total. The second kappa shape index (κ2) is 5.27. The topological polar surface area (TPSA) is 15.3 Å². The summed E-state index contributed by atoms with van der Waals surface area (Å²) in [6, 6.07) is 1.71. The fourth-order valence-electron chi connectivity index (χ4n) is 4.56. The van der Waals surface area contributed by atoms with Crippen LogP contribution in [-0.4, -0.2) is 36.6 Å². The molecule has 2 aliphatic carbocycles. The van der Waals surface area contributed by atoms with Gasteiger partial charge < -0.3 is 5.32 Å². The summed E-state index contributed by atoms with van der Waals surface area (Å²) >= 11 is 0. The molecule has 0 spiro atoms. The van der Waals surface area contributed by atoms with Crippen LogP contribution in [0.2, 0.25) is 0 Å². The van der Waals surface area contributed by atoms with Crippen LogP contribution < -0.4 is 5.32 Å². The summed E-state index contributed by atoms with van der Waals surface area (Å²) in [5, 5.41) is 3.81. The van der Waals surface area contributed by atoms with Gasteiger partial charge in [-0.2, -0.15) is 0 Å². The first-order valence-electron chi connectivity index (χ1n) is 7.86. The summed E-state index contributed by atoms with van der Waals surface area (Å²) < 4.78 is 0. The fourth-order valence-corrected chi connectivity index (χ4v) is 4.56. The maximum Gasteiger partial charge on any atom is 0.0226 e. The van der Waals surface area contributed by atoms with Crippen LogP contribution in [0.4, 0.5) is 0 Å². The highest BCUT2D eigenvalue weighted by Gasteiger charge is 2.39. The SMILES string of the molecule is CCN(CC1NCC2CCCC21)C1CCCC1. The van der Waals surface area contributed by atoms with E-state index in [-0.39, 0.29) is 0 Å². The van der Waals surface area contributed by atoms with Crippen LogP contribution in [0.5, 0.6) is 0 Å². The molecule has 1 saturated heterocycles. The molecule has 2 saturated carbocycles. The van der Waals surface area contributed by atoms with Crippen molar-refractivity contribution >= 4 is 0 Å². The molecular formula is C15H28N2. The molecular weight excluding hydrogens is 208 g/mol. The van der Waals surface area contributed by atoms with Gasteiger partial charge in [0.15, 0.2) is 0 Å². The third-order valence-electron chi connectivity index (χ3n) is 5.56. The largest absolute Gasteiger partial charge is 0.312 e. The molecule has 2 heteroatoms. The highest BCUT2D eigenvalue weighted by atomic mass is 15.2. The third-order valence-corrected chi connectivity index (χ3v) is 5.56. The Morgan fingerprint density at radius 2 is 1.88 bits per heavy atom. The second-order valence-corrected chi connectivity index (χ2v) is 6.40. The van der Waals surface area contributed by atoms with Crippen LogP contribution in [0.1, 0.15) is 51.9 Å². The van der Waals surface area contributed by atoms with Gasteiger partial charge in [-0.3, -0.25) is 4.90 Å². The molecule has 3 rings (SSSR count). The first-order chi connectivity index (χ1) is 8.38. The first-order valence-corrected chi connectivity index (χ1v) is 7.86. The summed E-state index contributed by atoms with van der Waals surface area (Å²) in [6.07, 6.45) is 10.3. The number of likely N-dealkylation sites (N-methyl/N-ethyl adjacent to an activating group) is 1. The van der Waals surface area contributed by atoms with Gasteiger partial charge >= 0.3 is 0 Å². The van der Waals surface area contributed by atoms with E-state index in [1.807, 2.05) is 0 Å². The molecule has 3 unspecified atom stereocenters. The van der Waals surface area contributed by atoms with Gasteiger partial charge in [-0.15, -0.1) is 0 Å². The Morgan fingerprint density at radius 1 is 1.06 bits per heavy atom. The molecule has 2 nitrogen and oxygen atoms in total. The van der Waals surface area contributed by atoms with Crippen LogP contribution >= 0.6 is 0 Å². The monoisotopic (exact) mass is 236 g/mol. The summed E-state index contributed by atoms with van der Waals surface area (Å²) in [7, 11) is 0. The molecule has 1 aliphatic heterocycles. The Bertz CT molecular complexity index is 247. The van der Waals surface area contributed by atoms with Crippen molar-refractivity contribution in [3.63, 3.8) is 0 Å². The zero-order valence-electron chi connectivity index (χ0n) is 11.3. The number of rotatable bonds is 4. The maximum atomic E-state index is 3.81. The van der Waals surface area contributed by atoms with Gasteiger partial charge in [-0.25, -0.2) is 0 Å². The minimum Gasteiger partial charge on any atom is -0.312 e. The van der Waals surface area contributed by atoms with E-state index in [0.717, 1.165) is 23.9 Å². The molecule has 98 valence electrons. The minimum atomic E-state index is 0.808. The number of nitrogens with zero attached hydrogens (tertiary/aromatic N) is 1. The van der Waals surface area contributed by atoms with Crippen molar-refractivity contribution in [2.45, 2.75) is 64.0 Å². The normalized spacial score (nSPS) is 38.1. The number of hydrogen-bond acceptors (Lipinski definition) is 2. The lowest BCUT2D eigenvalue weighted by molar-refractivity contribution is 0.176. The minimum absolute atomic E-state index is 0.808. The lowest BCUT2D eigenvalue weighted by Gasteiger charge is -2.32. The number of hydrogen-bond donors (Lipinski definition) is 1. The standard InChI is InChI=1S/C15H28N2/c1-2-17(13-7-3-4-8-13)11-15-14-9-5-6-12(14)10-16-15/h12-16H,2-11H2,1H3. The van der Waals surface area contributed by atoms with Gasteiger partial charge in [0.2, 0.25) is 0 Å². The lowest BCUT2D eigenvalue weighted by Crippen LogP contribution is -2.44. The van der Waals surface area contributed by atoms with E-state index in [1.54, 1.807) is 0 Å². The van der Waals surface area contributed by atoms with Gasteiger partial charge in [0.1, 0.15) is 0 Å². The highest BCUT2D eigenvalue weighted by Crippen LogP contribution is 2.38. The van der Waals surface area contributed by atoms with Crippen molar-refractivity contribution in [1.82, 2.24) is 10.2 Å². The fraction of sp³-hybridized carbons (Fsp3) is 1.00. The van der Waals surface area contributed by atoms with Crippen molar-refractivity contribution in [2.75, 3.05) is 19.6 Å². The third kappa shape index (κ3) is 2.39. The van der Waals surface area contributed by atoms with E-state index in [9.17, 15) is 0 Å². The second-order valence-electron chi connectivity index (χ2n) is 6.40. The van der Waals surface area contributed by atoms with E-state index in [2.05, 4.69) is 17.1 Å². The molecule has 0 bridgehead atoms. The summed E-state index contributed by atoms with van der Waals surface area (Å²) in [5.74, 6) is 2.02. The number of fused-ring (bicyclic) bond motifs is 1. The molecule has 3 aliphatic rings. The van der Waals surface area contributed by atoms with Gasteiger partial charge in [-0.05, 0) is 50.6 Å². The van der Waals surface area contributed by atoms with Crippen molar-refractivity contribution < 1.29 is 0 Å². The first kappa shape index (κ1) is 12.0. The molecule has 1 heterocycles. The Morgan fingerprint density at radius 3 is 2.65 bits per heavy atom. The van der Waals surface area contributed by atoms with Crippen LogP contribution in [0, 0.1) is 11.8 Å². The predicted molar refractivity (Wildman–Crippen MR) is 72.1 cm³/mol. The summed E-state index contributed by atoms with van der Waals surface area (Å²) in [6.45, 7) is 6.22. The lowest BCUT2D eigenvalue weighted by atomic mass is 9.93. The van der Waals surface area contributed by atoms with E-state index >= 15 is 0 Å². The molecule has 0 aromatic carbocycles. The Labute approximate surface area is 106 Å². The van der Waals surface area contributed by atoms with E-state index in [4.69, 9.17) is 0 Å². The van der Waals surface area contributed by atoms with E-state index in [1.165, 1.54) is 64.6 Å². The van der Waals surface area contributed by atoms with E-state index < -0.39 is 0 Å².